The molecule has 0 aromatic heterocycles. The fraction of sp³-hybridized carbons (Fsp3) is 0.938. The fourth-order valence-corrected chi connectivity index (χ4v) is 3.10. The van der Waals surface area contributed by atoms with Crippen molar-refractivity contribution in [1.82, 2.24) is 0 Å². The summed E-state index contributed by atoms with van der Waals surface area (Å²) in [6, 6.07) is 0. The summed E-state index contributed by atoms with van der Waals surface area (Å²) in [5.74, 6) is 1.08. The van der Waals surface area contributed by atoms with Gasteiger partial charge in [0.1, 0.15) is 13.2 Å². The molecule has 0 aromatic rings. The first-order chi connectivity index (χ1) is 18.4. The number of unbranched alkanes of at least 4 members (excludes halogenated alkanes) is 14. The molecule has 0 aliphatic heterocycles. The Balaban J connectivity index is -0.000000152. The third-order valence-electron chi connectivity index (χ3n) is 5.68. The van der Waals surface area contributed by atoms with Crippen molar-refractivity contribution in [2.75, 3.05) is 24.7 Å². The quantitative estimate of drug-likeness (QED) is 0.0511. The Morgan fingerprint density at radius 1 is 0.436 bits per heavy atom. The largest absolute Gasteiger partial charge is 0.465 e. The van der Waals surface area contributed by atoms with Crippen LogP contribution in [0.3, 0.4) is 0 Å². The molecule has 0 atom stereocenters. The zero-order valence-electron chi connectivity index (χ0n) is 27.0. The number of rotatable bonds is 22. The van der Waals surface area contributed by atoms with Gasteiger partial charge in [-0.3, -0.25) is 9.59 Å². The second-order valence-electron chi connectivity index (χ2n) is 9.63. The van der Waals surface area contributed by atoms with E-state index in [1.165, 1.54) is 89.9 Å². The maximum absolute atomic E-state index is 11.1. The predicted octanol–water partition coefficient (Wildman–Crippen LogP) is 10.4. The molecule has 0 bridgehead atoms. The van der Waals surface area contributed by atoms with E-state index >= 15 is 0 Å². The Morgan fingerprint density at radius 2 is 0.692 bits per heavy atom. The van der Waals surface area contributed by atoms with E-state index in [9.17, 15) is 9.59 Å². The smallest absolute Gasteiger partial charge is 0.305 e. The maximum atomic E-state index is 11.1. The van der Waals surface area contributed by atoms with Gasteiger partial charge in [-0.1, -0.05) is 144 Å². The average Bonchev–Trinajstić information content (AvgIpc) is 2.94. The molecular weight excluding hydrogens is 631 g/mol. The van der Waals surface area contributed by atoms with Gasteiger partial charge in [-0.2, -0.15) is 25.3 Å². The summed E-state index contributed by atoms with van der Waals surface area (Å²) in [5.41, 5.74) is 0. The van der Waals surface area contributed by atoms with E-state index in [0.717, 1.165) is 25.7 Å². The number of carbonyl (C=O) groups excluding carboxylic acids is 2. The van der Waals surface area contributed by atoms with Gasteiger partial charge in [0.05, 0.1) is 0 Å². The summed E-state index contributed by atoms with van der Waals surface area (Å²) in [6.07, 6.45) is 23.7. The van der Waals surface area contributed by atoms with Crippen molar-refractivity contribution < 1.29 is 19.1 Å². The van der Waals surface area contributed by atoms with Crippen LogP contribution in [0.25, 0.3) is 0 Å². The molecular formula is C32H68O4S2Sn. The number of ether oxygens (including phenoxy) is 2. The first kappa shape index (κ1) is 49.1. The molecule has 7 heteroatoms. The van der Waals surface area contributed by atoms with Crippen LogP contribution in [0.15, 0.2) is 0 Å². The molecule has 0 aliphatic carbocycles. The number of carbonyl (C=O) groups is 2. The average molecular weight is 700 g/mol. The predicted molar refractivity (Wildman–Crippen MR) is 182 cm³/mol. The first-order valence-corrected chi connectivity index (χ1v) is 17.2. The summed E-state index contributed by atoms with van der Waals surface area (Å²) in [4.78, 5) is 22.2. The number of esters is 2. The van der Waals surface area contributed by atoms with Crippen LogP contribution >= 0.6 is 25.3 Å². The zero-order valence-corrected chi connectivity index (χ0v) is 31.6. The summed E-state index contributed by atoms with van der Waals surface area (Å²) in [6.45, 7) is 14.0. The van der Waals surface area contributed by atoms with E-state index in [-0.39, 0.29) is 35.8 Å². The third kappa shape index (κ3) is 63.1. The minimum Gasteiger partial charge on any atom is -0.465 e. The van der Waals surface area contributed by atoms with Crippen LogP contribution in [0.1, 0.15) is 170 Å². The third-order valence-corrected chi connectivity index (χ3v) is 6.04. The van der Waals surface area contributed by atoms with Crippen molar-refractivity contribution in [3.63, 3.8) is 0 Å². The molecule has 0 saturated heterocycles. The minimum absolute atomic E-state index is 0. The standard InChI is InChI=1S/2C12H24O2S.2C4H10.Sn/c2*1-2-3-4-5-6-7-8-9-12(13)14-10-11-15;2*1-3-4-2;/h2*15H,2-11H2,1H3;2*3-4H2,1-2H3;. The monoisotopic (exact) mass is 700 g/mol. The van der Waals surface area contributed by atoms with Gasteiger partial charge in [0.25, 0.3) is 0 Å². The molecule has 0 aromatic carbocycles. The van der Waals surface area contributed by atoms with Gasteiger partial charge in [-0.05, 0) is 12.8 Å². The maximum Gasteiger partial charge on any atom is 0.305 e. The minimum atomic E-state index is -0.0717. The number of thiol groups is 2. The van der Waals surface area contributed by atoms with E-state index in [4.69, 9.17) is 9.47 Å². The molecule has 4 radical (unpaired) electrons. The molecule has 0 fully saturated rings. The van der Waals surface area contributed by atoms with Gasteiger partial charge < -0.3 is 9.47 Å². The summed E-state index contributed by atoms with van der Waals surface area (Å²) >= 11 is 7.95. The normalized spacial score (nSPS) is 9.44. The van der Waals surface area contributed by atoms with Gasteiger partial charge in [0.2, 0.25) is 0 Å². The van der Waals surface area contributed by atoms with E-state index < -0.39 is 0 Å². The summed E-state index contributed by atoms with van der Waals surface area (Å²) < 4.78 is 9.84. The van der Waals surface area contributed by atoms with E-state index in [2.05, 4.69) is 66.8 Å². The van der Waals surface area contributed by atoms with Crippen LogP contribution in [0, 0.1) is 0 Å². The summed E-state index contributed by atoms with van der Waals surface area (Å²) in [7, 11) is 0. The molecule has 0 spiro atoms. The van der Waals surface area contributed by atoms with Crippen molar-refractivity contribution in [3.05, 3.63) is 0 Å². The molecule has 39 heavy (non-hydrogen) atoms. The Kier molecular flexibility index (Phi) is 64.5. The Hall–Kier alpha value is 0.439. The van der Waals surface area contributed by atoms with Crippen molar-refractivity contribution in [1.29, 1.82) is 0 Å². The van der Waals surface area contributed by atoms with Crippen LogP contribution in [0.2, 0.25) is 0 Å². The summed E-state index contributed by atoms with van der Waals surface area (Å²) in [5, 5.41) is 0. The van der Waals surface area contributed by atoms with Gasteiger partial charge in [0.15, 0.2) is 0 Å². The Morgan fingerprint density at radius 3 is 0.923 bits per heavy atom. The van der Waals surface area contributed by atoms with Crippen molar-refractivity contribution >= 4 is 61.1 Å². The number of hydrogen-bond acceptors (Lipinski definition) is 6. The van der Waals surface area contributed by atoms with E-state index in [0.29, 0.717) is 37.6 Å². The molecule has 0 aliphatic rings. The number of hydrogen-bond donors (Lipinski definition) is 2. The SMILES string of the molecule is CCCC.CCCC.CCCCCCCCCC(=O)OCCS.CCCCCCCCCC(=O)OCCS.[Sn]. The molecule has 0 rings (SSSR count). The molecule has 0 amide bonds. The van der Waals surface area contributed by atoms with Gasteiger partial charge in [-0.15, -0.1) is 0 Å². The topological polar surface area (TPSA) is 52.6 Å². The Labute approximate surface area is 273 Å². The van der Waals surface area contributed by atoms with Crippen molar-refractivity contribution in [3.8, 4) is 0 Å². The second kappa shape index (κ2) is 51.2. The molecule has 236 valence electrons. The van der Waals surface area contributed by atoms with Crippen LogP contribution < -0.4 is 0 Å². The van der Waals surface area contributed by atoms with Crippen LogP contribution in [-0.4, -0.2) is 60.6 Å². The Bertz CT molecular complexity index is 385. The van der Waals surface area contributed by atoms with E-state index in [1.54, 1.807) is 0 Å². The van der Waals surface area contributed by atoms with Crippen molar-refractivity contribution in [2.24, 2.45) is 0 Å². The van der Waals surface area contributed by atoms with Crippen LogP contribution in [0.5, 0.6) is 0 Å². The fourth-order valence-electron chi connectivity index (χ4n) is 2.92. The van der Waals surface area contributed by atoms with E-state index in [1.807, 2.05) is 0 Å². The van der Waals surface area contributed by atoms with Gasteiger partial charge in [0, 0.05) is 48.3 Å². The van der Waals surface area contributed by atoms with Gasteiger partial charge in [-0.25, -0.2) is 0 Å². The molecule has 0 unspecified atom stereocenters. The molecule has 4 nitrogen and oxygen atoms in total. The van der Waals surface area contributed by atoms with Crippen LogP contribution in [0.4, 0.5) is 0 Å². The van der Waals surface area contributed by atoms with Crippen molar-refractivity contribution in [2.45, 2.75) is 170 Å². The van der Waals surface area contributed by atoms with Crippen LogP contribution in [-0.2, 0) is 19.1 Å². The molecule has 0 N–H and O–H groups in total. The first-order valence-electron chi connectivity index (χ1n) is 16.0. The molecule has 0 heterocycles. The second-order valence-corrected chi connectivity index (χ2v) is 10.5. The zero-order chi connectivity index (χ0) is 29.5. The molecule has 0 saturated carbocycles. The van der Waals surface area contributed by atoms with Gasteiger partial charge >= 0.3 is 11.9 Å².